The van der Waals surface area contributed by atoms with Crippen LogP contribution in [0.25, 0.3) is 43.1 Å². The molecular weight excluding hydrogens is 1290 g/mol. The Morgan fingerprint density at radius 1 is 0.298 bits per heavy atom. The Morgan fingerprint density at radius 2 is 0.543 bits per heavy atom. The van der Waals surface area contributed by atoms with Crippen LogP contribution in [0.4, 0.5) is 0 Å². The number of halogens is 1. The summed E-state index contributed by atoms with van der Waals surface area (Å²) in [7, 11) is 1.64. The van der Waals surface area contributed by atoms with Crippen molar-refractivity contribution in [3.63, 3.8) is 0 Å². The summed E-state index contributed by atoms with van der Waals surface area (Å²) in [4.78, 5) is 60.3. The smallest absolute Gasteiger partial charge is 0.261 e. The minimum atomic E-state index is -0.371. The van der Waals surface area contributed by atoms with Crippen LogP contribution in [-0.2, 0) is 80.5 Å². The standard InChI is InChI=1S/C69H99BrN2O22/c1-6-50(7-2)71-66(73)54-13-11-53-63-59(49-57-61-55(67(74)72(69(57)76)51(8-3)9-4)12-10-52(65(61)63)62-58(70)48-56(68(71)75)60(54)64(53)62)94-47-46-93-45-44-92-43-42-91-41-40-90-39-38-89-37-36-88-35-34-87-33-32-86-31-30-85-29-28-84-27-26-83-25-24-82-23-22-81-21-20-80-19-18-79-17-16-78-15-14-77-5/h10-13,48-51H,6-9,14-47H2,1-5H3. The number of ether oxygens (including phenoxy) is 18. The predicted molar refractivity (Wildman–Crippen MR) is 356 cm³/mol. The van der Waals surface area contributed by atoms with Crippen molar-refractivity contribution < 1.29 is 104 Å². The van der Waals surface area contributed by atoms with Crippen LogP contribution in [0.2, 0.25) is 0 Å². The molecule has 4 amide bonds. The lowest BCUT2D eigenvalue weighted by Gasteiger charge is -2.35. The Morgan fingerprint density at radius 3 is 0.830 bits per heavy atom. The number of methoxy groups -OCH3 is 1. The van der Waals surface area contributed by atoms with Gasteiger partial charge in [0.05, 0.1) is 224 Å². The highest BCUT2D eigenvalue weighted by atomic mass is 79.9. The number of carbonyl (C=O) groups is 4. The van der Waals surface area contributed by atoms with Crippen LogP contribution in [0.3, 0.4) is 0 Å². The lowest BCUT2D eigenvalue weighted by atomic mass is 9.81. The molecule has 0 bridgehead atoms. The van der Waals surface area contributed by atoms with E-state index in [0.717, 1.165) is 21.5 Å². The fourth-order valence-corrected chi connectivity index (χ4v) is 11.9. The van der Waals surface area contributed by atoms with E-state index in [9.17, 15) is 19.2 Å². The monoisotopic (exact) mass is 1390 g/mol. The lowest BCUT2D eigenvalue weighted by molar-refractivity contribution is -0.0306. The van der Waals surface area contributed by atoms with E-state index in [1.807, 2.05) is 45.9 Å². The third kappa shape index (κ3) is 22.4. The van der Waals surface area contributed by atoms with Gasteiger partial charge in [-0.25, -0.2) is 0 Å². The number of amides is 4. The summed E-state index contributed by atoms with van der Waals surface area (Å²) in [5, 5.41) is 5.54. The Labute approximate surface area is 560 Å². The van der Waals surface area contributed by atoms with Gasteiger partial charge in [-0.1, -0.05) is 55.8 Å². The van der Waals surface area contributed by atoms with E-state index in [2.05, 4.69) is 15.9 Å². The highest BCUT2D eigenvalue weighted by Gasteiger charge is 2.41. The van der Waals surface area contributed by atoms with Gasteiger partial charge in [0, 0.05) is 72.7 Å². The normalized spacial score (nSPS) is 13.4. The largest absolute Gasteiger partial charge is 0.490 e. The number of imide groups is 2. The van der Waals surface area contributed by atoms with Crippen LogP contribution in [0.15, 0.2) is 40.9 Å². The summed E-state index contributed by atoms with van der Waals surface area (Å²) in [6.07, 6.45) is 2.50. The third-order valence-electron chi connectivity index (χ3n) is 15.9. The number of benzene rings is 5. The van der Waals surface area contributed by atoms with Crippen LogP contribution >= 0.6 is 15.9 Å². The fourth-order valence-electron chi connectivity index (χ4n) is 11.3. The van der Waals surface area contributed by atoms with E-state index >= 15 is 0 Å². The Kier molecular flexibility index (Phi) is 36.1. The van der Waals surface area contributed by atoms with Gasteiger partial charge in [0.25, 0.3) is 23.6 Å². The Balaban J connectivity index is 0.658. The van der Waals surface area contributed by atoms with Crippen molar-refractivity contribution in [1.29, 1.82) is 0 Å². The highest BCUT2D eigenvalue weighted by molar-refractivity contribution is 9.10. The first-order chi connectivity index (χ1) is 46.2. The van der Waals surface area contributed by atoms with Crippen LogP contribution in [0, 0.1) is 0 Å². The molecule has 25 heteroatoms. The second kappa shape index (κ2) is 44.2. The van der Waals surface area contributed by atoms with Crippen LogP contribution in [0.1, 0.15) is 94.8 Å². The summed E-state index contributed by atoms with van der Waals surface area (Å²) < 4.78 is 101. The number of rotatable bonds is 58. The topological polar surface area (TPSA) is 241 Å². The first-order valence-corrected chi connectivity index (χ1v) is 34.1. The molecule has 94 heavy (non-hydrogen) atoms. The zero-order chi connectivity index (χ0) is 66.5. The maximum absolute atomic E-state index is 14.5. The molecule has 0 saturated carbocycles. The number of nitrogens with zero attached hydrogens (tertiary/aromatic N) is 2. The molecule has 0 atom stereocenters. The van der Waals surface area contributed by atoms with Gasteiger partial charge >= 0.3 is 0 Å². The molecule has 0 N–H and O–H groups in total. The van der Waals surface area contributed by atoms with Crippen molar-refractivity contribution in [2.75, 3.05) is 232 Å². The minimum absolute atomic E-state index is 0.143. The van der Waals surface area contributed by atoms with Crippen molar-refractivity contribution in [1.82, 2.24) is 9.80 Å². The van der Waals surface area contributed by atoms with Crippen LogP contribution in [-0.4, -0.2) is 277 Å². The van der Waals surface area contributed by atoms with E-state index in [1.165, 1.54) is 9.80 Å². The Hall–Kier alpha value is -4.72. The van der Waals surface area contributed by atoms with Gasteiger partial charge in [0.2, 0.25) is 0 Å². The van der Waals surface area contributed by atoms with Gasteiger partial charge in [-0.15, -0.1) is 0 Å². The zero-order valence-corrected chi connectivity index (χ0v) is 57.3. The second-order valence-corrected chi connectivity index (χ2v) is 22.8. The number of hydrogen-bond donors (Lipinski definition) is 0. The molecule has 2 aliphatic heterocycles. The SMILES string of the molecule is CCC(CC)N1C(=O)c2ccc3c4c(OCCOCCOCCOCCOCCOCCOCCOCCOCCOCCOCCOCCOCCOCCOCCOCCOCCOC)cc5c6c(ccc(c7c(Br)cc(c2c37)C1=O)c64)C(=O)N(C(CC)CC)C5=O. The zero-order valence-electron chi connectivity index (χ0n) is 55.7. The van der Waals surface area contributed by atoms with Crippen molar-refractivity contribution >= 4 is 82.6 Å². The van der Waals surface area contributed by atoms with Gasteiger partial charge < -0.3 is 85.3 Å². The molecule has 7 rings (SSSR count). The van der Waals surface area contributed by atoms with E-state index in [0.29, 0.717) is 291 Å². The van der Waals surface area contributed by atoms with E-state index in [1.54, 1.807) is 25.3 Å². The molecule has 0 radical (unpaired) electrons. The highest BCUT2D eigenvalue weighted by Crippen LogP contribution is 2.51. The molecular formula is C69H99BrN2O22. The van der Waals surface area contributed by atoms with Gasteiger partial charge in [0.15, 0.2) is 0 Å². The summed E-state index contributed by atoms with van der Waals surface area (Å²) in [5.74, 6) is -0.926. The van der Waals surface area contributed by atoms with E-state index in [-0.39, 0.29) is 48.9 Å². The molecule has 24 nitrogen and oxygen atoms in total. The van der Waals surface area contributed by atoms with Crippen molar-refractivity contribution in [2.24, 2.45) is 0 Å². The number of fused-ring (bicyclic) bond motifs is 2. The maximum Gasteiger partial charge on any atom is 0.261 e. The van der Waals surface area contributed by atoms with Gasteiger partial charge in [-0.3, -0.25) is 29.0 Å². The quantitative estimate of drug-likeness (QED) is 0.0154. The van der Waals surface area contributed by atoms with Gasteiger partial charge in [-0.2, -0.15) is 0 Å². The Bertz CT molecular complexity index is 3040. The van der Waals surface area contributed by atoms with Gasteiger partial charge in [-0.05, 0) is 60.7 Å². The van der Waals surface area contributed by atoms with Gasteiger partial charge in [0.1, 0.15) is 12.4 Å². The first-order valence-electron chi connectivity index (χ1n) is 33.3. The molecule has 524 valence electrons. The van der Waals surface area contributed by atoms with Crippen molar-refractivity contribution in [2.45, 2.75) is 65.5 Å². The van der Waals surface area contributed by atoms with E-state index in [4.69, 9.17) is 85.3 Å². The average molecular weight is 1390 g/mol. The number of carbonyl (C=O) groups excluding carboxylic acids is 4. The molecule has 2 aliphatic rings. The van der Waals surface area contributed by atoms with Crippen LogP contribution in [0.5, 0.6) is 5.75 Å². The molecule has 0 spiro atoms. The van der Waals surface area contributed by atoms with Crippen molar-refractivity contribution in [3.8, 4) is 5.75 Å². The predicted octanol–water partition coefficient (Wildman–Crippen LogP) is 8.36. The molecule has 5 aromatic carbocycles. The molecule has 5 aromatic rings. The fraction of sp³-hybridized carbons (Fsp3) is 0.652. The molecule has 0 fully saturated rings. The molecule has 2 heterocycles. The third-order valence-corrected chi connectivity index (χ3v) is 16.6. The van der Waals surface area contributed by atoms with Crippen LogP contribution < -0.4 is 4.74 Å². The molecule has 0 aliphatic carbocycles. The summed E-state index contributed by atoms with van der Waals surface area (Å²) in [6.45, 7) is 23.3. The lowest BCUT2D eigenvalue weighted by Crippen LogP contribution is -2.46. The summed E-state index contributed by atoms with van der Waals surface area (Å²) in [5.41, 5.74) is 1.71. The summed E-state index contributed by atoms with van der Waals surface area (Å²) >= 11 is 3.84. The molecule has 0 saturated heterocycles. The van der Waals surface area contributed by atoms with Crippen molar-refractivity contribution in [3.05, 3.63) is 63.1 Å². The molecule has 0 unspecified atom stereocenters. The van der Waals surface area contributed by atoms with E-state index < -0.39 is 0 Å². The average Bonchev–Trinajstić information content (AvgIpc) is 0.685. The second-order valence-electron chi connectivity index (χ2n) is 21.9. The summed E-state index contributed by atoms with van der Waals surface area (Å²) in [6, 6.07) is 10.4. The minimum Gasteiger partial charge on any atom is -0.490 e. The first kappa shape index (κ1) is 76.6. The molecule has 0 aromatic heterocycles. The number of hydrogen-bond acceptors (Lipinski definition) is 22. The maximum atomic E-state index is 14.5.